The Balaban J connectivity index is 1.42. The summed E-state index contributed by atoms with van der Waals surface area (Å²) in [6.07, 6.45) is 3.51. The number of rotatable bonds is 5. The van der Waals surface area contributed by atoms with E-state index in [1.807, 2.05) is 0 Å². The van der Waals surface area contributed by atoms with E-state index in [4.69, 9.17) is 0 Å². The standard InChI is InChI=1S/C18H22N2/c1-2-6-15(7-3-1)12-13-19-14-17-11-10-16-8-4-5-9-18(16)20-17/h1-9,17,19-20H,10-14H2/t17-/m0/s1. The third-order valence-electron chi connectivity index (χ3n) is 3.96. The molecular formula is C18H22N2. The Morgan fingerprint density at radius 1 is 1.00 bits per heavy atom. The van der Waals surface area contributed by atoms with Crippen LogP contribution in [0.5, 0.6) is 0 Å². The zero-order valence-electron chi connectivity index (χ0n) is 11.8. The SMILES string of the molecule is c1ccc(CCNC[C@@H]2CCc3ccccc3N2)cc1. The first kappa shape index (κ1) is 13.2. The zero-order chi connectivity index (χ0) is 13.6. The van der Waals surface area contributed by atoms with Gasteiger partial charge in [0, 0.05) is 18.3 Å². The smallest absolute Gasteiger partial charge is 0.0389 e. The molecule has 0 aliphatic carbocycles. The summed E-state index contributed by atoms with van der Waals surface area (Å²) in [5, 5.41) is 7.21. The van der Waals surface area contributed by atoms with Crippen molar-refractivity contribution in [2.24, 2.45) is 0 Å². The number of nitrogens with one attached hydrogen (secondary N) is 2. The van der Waals surface area contributed by atoms with Gasteiger partial charge in [0.2, 0.25) is 0 Å². The lowest BCUT2D eigenvalue weighted by molar-refractivity contribution is 0.560. The van der Waals surface area contributed by atoms with Crippen LogP contribution in [0.15, 0.2) is 54.6 Å². The molecule has 0 aromatic heterocycles. The second-order valence-corrected chi connectivity index (χ2v) is 5.48. The molecule has 0 bridgehead atoms. The third-order valence-corrected chi connectivity index (χ3v) is 3.96. The Morgan fingerprint density at radius 2 is 1.80 bits per heavy atom. The average Bonchev–Trinajstić information content (AvgIpc) is 2.52. The molecule has 2 aromatic carbocycles. The van der Waals surface area contributed by atoms with Crippen LogP contribution in [0.3, 0.4) is 0 Å². The predicted octanol–water partition coefficient (Wildman–Crippen LogP) is 3.25. The molecule has 0 radical (unpaired) electrons. The number of aryl methyl sites for hydroxylation is 1. The Labute approximate surface area is 121 Å². The van der Waals surface area contributed by atoms with Gasteiger partial charge in [-0.15, -0.1) is 0 Å². The minimum absolute atomic E-state index is 0.556. The molecular weight excluding hydrogens is 244 g/mol. The van der Waals surface area contributed by atoms with Gasteiger partial charge in [-0.1, -0.05) is 48.5 Å². The molecule has 1 atom stereocenters. The Kier molecular flexibility index (Phi) is 4.34. The molecule has 3 rings (SSSR count). The normalized spacial score (nSPS) is 17.3. The summed E-state index contributed by atoms with van der Waals surface area (Å²) in [5.41, 5.74) is 4.17. The first-order valence-corrected chi connectivity index (χ1v) is 7.51. The summed E-state index contributed by atoms with van der Waals surface area (Å²) in [6, 6.07) is 19.9. The van der Waals surface area contributed by atoms with Crippen LogP contribution in [0, 0.1) is 0 Å². The maximum absolute atomic E-state index is 3.63. The van der Waals surface area contributed by atoms with Crippen molar-refractivity contribution in [1.82, 2.24) is 5.32 Å². The Hall–Kier alpha value is -1.80. The second-order valence-electron chi connectivity index (χ2n) is 5.48. The fourth-order valence-electron chi connectivity index (χ4n) is 2.81. The first-order chi connectivity index (χ1) is 9.92. The molecule has 0 spiro atoms. The summed E-state index contributed by atoms with van der Waals surface area (Å²) in [7, 11) is 0. The van der Waals surface area contributed by atoms with Gasteiger partial charge in [0.1, 0.15) is 0 Å². The highest BCUT2D eigenvalue weighted by Gasteiger charge is 2.16. The van der Waals surface area contributed by atoms with Gasteiger partial charge in [-0.2, -0.15) is 0 Å². The van der Waals surface area contributed by atoms with Gasteiger partial charge in [0.15, 0.2) is 0 Å². The molecule has 1 aliphatic heterocycles. The Morgan fingerprint density at radius 3 is 2.70 bits per heavy atom. The van der Waals surface area contributed by atoms with Crippen LogP contribution in [-0.2, 0) is 12.8 Å². The van der Waals surface area contributed by atoms with Gasteiger partial charge < -0.3 is 10.6 Å². The van der Waals surface area contributed by atoms with Crippen LogP contribution >= 0.6 is 0 Å². The van der Waals surface area contributed by atoms with Crippen molar-refractivity contribution in [3.8, 4) is 0 Å². The highest BCUT2D eigenvalue weighted by molar-refractivity contribution is 5.53. The molecule has 0 unspecified atom stereocenters. The molecule has 104 valence electrons. The van der Waals surface area contributed by atoms with Gasteiger partial charge in [-0.3, -0.25) is 0 Å². The van der Waals surface area contributed by atoms with Crippen molar-refractivity contribution in [2.45, 2.75) is 25.3 Å². The first-order valence-electron chi connectivity index (χ1n) is 7.51. The van der Waals surface area contributed by atoms with E-state index in [1.165, 1.54) is 29.7 Å². The summed E-state index contributed by atoms with van der Waals surface area (Å²) < 4.78 is 0. The molecule has 2 heteroatoms. The van der Waals surface area contributed by atoms with Crippen molar-refractivity contribution in [1.29, 1.82) is 0 Å². The van der Waals surface area contributed by atoms with E-state index in [1.54, 1.807) is 0 Å². The van der Waals surface area contributed by atoms with Crippen LogP contribution in [-0.4, -0.2) is 19.1 Å². The molecule has 1 heterocycles. The molecule has 0 saturated carbocycles. The lowest BCUT2D eigenvalue weighted by Crippen LogP contribution is -2.36. The topological polar surface area (TPSA) is 24.1 Å². The molecule has 0 fully saturated rings. The number of para-hydroxylation sites is 1. The van der Waals surface area contributed by atoms with Crippen LogP contribution in [0.25, 0.3) is 0 Å². The molecule has 0 amide bonds. The van der Waals surface area contributed by atoms with E-state index in [0.717, 1.165) is 19.5 Å². The predicted molar refractivity (Wildman–Crippen MR) is 85.2 cm³/mol. The zero-order valence-corrected chi connectivity index (χ0v) is 11.8. The maximum atomic E-state index is 3.63. The number of benzene rings is 2. The highest BCUT2D eigenvalue weighted by atomic mass is 15.0. The number of anilines is 1. The maximum Gasteiger partial charge on any atom is 0.0389 e. The molecule has 2 nitrogen and oxygen atoms in total. The van der Waals surface area contributed by atoms with E-state index in [2.05, 4.69) is 65.2 Å². The quantitative estimate of drug-likeness (QED) is 0.812. The number of hydrogen-bond acceptors (Lipinski definition) is 2. The lowest BCUT2D eigenvalue weighted by Gasteiger charge is -2.27. The van der Waals surface area contributed by atoms with E-state index in [9.17, 15) is 0 Å². The fraction of sp³-hybridized carbons (Fsp3) is 0.333. The van der Waals surface area contributed by atoms with Gasteiger partial charge in [0.05, 0.1) is 0 Å². The minimum atomic E-state index is 0.556. The summed E-state index contributed by atoms with van der Waals surface area (Å²) in [6.45, 7) is 2.09. The number of fused-ring (bicyclic) bond motifs is 1. The summed E-state index contributed by atoms with van der Waals surface area (Å²) in [4.78, 5) is 0. The molecule has 2 aromatic rings. The second kappa shape index (κ2) is 6.58. The lowest BCUT2D eigenvalue weighted by atomic mass is 9.98. The van der Waals surface area contributed by atoms with Gasteiger partial charge >= 0.3 is 0 Å². The van der Waals surface area contributed by atoms with Gasteiger partial charge in [-0.25, -0.2) is 0 Å². The van der Waals surface area contributed by atoms with Gasteiger partial charge in [0.25, 0.3) is 0 Å². The summed E-state index contributed by atoms with van der Waals surface area (Å²) >= 11 is 0. The van der Waals surface area contributed by atoms with Crippen LogP contribution in [0.4, 0.5) is 5.69 Å². The monoisotopic (exact) mass is 266 g/mol. The van der Waals surface area contributed by atoms with Crippen molar-refractivity contribution >= 4 is 5.69 Å². The van der Waals surface area contributed by atoms with E-state index < -0.39 is 0 Å². The van der Waals surface area contributed by atoms with Crippen molar-refractivity contribution in [3.05, 3.63) is 65.7 Å². The average molecular weight is 266 g/mol. The Bertz CT molecular complexity index is 536. The van der Waals surface area contributed by atoms with Gasteiger partial charge in [-0.05, 0) is 43.0 Å². The van der Waals surface area contributed by atoms with E-state index in [-0.39, 0.29) is 0 Å². The highest BCUT2D eigenvalue weighted by Crippen LogP contribution is 2.23. The van der Waals surface area contributed by atoms with Crippen LogP contribution in [0.1, 0.15) is 17.5 Å². The molecule has 1 aliphatic rings. The largest absolute Gasteiger partial charge is 0.381 e. The molecule has 0 saturated heterocycles. The van der Waals surface area contributed by atoms with Crippen molar-refractivity contribution in [3.63, 3.8) is 0 Å². The van der Waals surface area contributed by atoms with E-state index in [0.29, 0.717) is 6.04 Å². The van der Waals surface area contributed by atoms with Crippen LogP contribution < -0.4 is 10.6 Å². The third kappa shape index (κ3) is 3.40. The molecule has 2 N–H and O–H groups in total. The number of hydrogen-bond donors (Lipinski definition) is 2. The summed E-state index contributed by atoms with van der Waals surface area (Å²) in [5.74, 6) is 0. The fourth-order valence-corrected chi connectivity index (χ4v) is 2.81. The van der Waals surface area contributed by atoms with E-state index >= 15 is 0 Å². The van der Waals surface area contributed by atoms with Crippen molar-refractivity contribution < 1.29 is 0 Å². The molecule has 20 heavy (non-hydrogen) atoms. The van der Waals surface area contributed by atoms with Crippen LogP contribution in [0.2, 0.25) is 0 Å². The van der Waals surface area contributed by atoms with Crippen molar-refractivity contribution in [2.75, 3.05) is 18.4 Å². The minimum Gasteiger partial charge on any atom is -0.381 e.